The highest BCUT2D eigenvalue weighted by molar-refractivity contribution is 9.10. The van der Waals surface area contributed by atoms with E-state index in [1.807, 2.05) is 55.5 Å². The second kappa shape index (κ2) is 6.70. The summed E-state index contributed by atoms with van der Waals surface area (Å²) in [5, 5.41) is 10.6. The molecule has 0 saturated heterocycles. The maximum atomic E-state index is 12.4. The number of thiazole rings is 1. The fraction of sp³-hybridized carbons (Fsp3) is 0.100. The van der Waals surface area contributed by atoms with Crippen LogP contribution in [0.3, 0.4) is 0 Å². The zero-order valence-corrected chi connectivity index (χ0v) is 16.3. The van der Waals surface area contributed by atoms with E-state index >= 15 is 0 Å². The summed E-state index contributed by atoms with van der Waals surface area (Å²) in [4.78, 5) is 17.1. The lowest BCUT2D eigenvalue weighted by Gasteiger charge is -2.05. The summed E-state index contributed by atoms with van der Waals surface area (Å²) < 4.78 is 2.36. The molecule has 0 spiro atoms. The number of benzene rings is 2. The third kappa shape index (κ3) is 3.18. The van der Waals surface area contributed by atoms with Crippen molar-refractivity contribution in [2.24, 2.45) is 4.99 Å². The summed E-state index contributed by atoms with van der Waals surface area (Å²) in [6, 6.07) is 13.8. The molecule has 0 aliphatic carbocycles. The fourth-order valence-electron chi connectivity index (χ4n) is 2.96. The van der Waals surface area contributed by atoms with E-state index in [1.54, 1.807) is 6.21 Å². The number of nitrogens with zero attached hydrogens (tertiary/aromatic N) is 2. The number of hydrogen-bond acceptors (Lipinski definition) is 4. The maximum Gasteiger partial charge on any atom is 0.310 e. The van der Waals surface area contributed by atoms with Gasteiger partial charge in [-0.05, 0) is 36.8 Å². The molecule has 0 amide bonds. The van der Waals surface area contributed by atoms with Crippen molar-refractivity contribution in [2.75, 3.05) is 0 Å². The van der Waals surface area contributed by atoms with Crippen LogP contribution in [0.25, 0.3) is 11.6 Å². The highest BCUT2D eigenvalue weighted by atomic mass is 79.9. The Morgan fingerprint density at radius 2 is 2.12 bits per heavy atom. The normalized spacial score (nSPS) is 14.2. The Hall–Kier alpha value is -2.44. The minimum Gasteiger partial charge on any atom is -0.493 e. The third-order valence-electron chi connectivity index (χ3n) is 4.22. The Bertz CT molecular complexity index is 1130. The van der Waals surface area contributed by atoms with Crippen molar-refractivity contribution in [1.29, 1.82) is 0 Å². The van der Waals surface area contributed by atoms with E-state index in [0.717, 1.165) is 43.8 Å². The molecule has 0 fully saturated rings. The average Bonchev–Trinajstić information content (AvgIpc) is 3.11. The van der Waals surface area contributed by atoms with Crippen molar-refractivity contribution in [3.05, 3.63) is 78.2 Å². The molecule has 1 N–H and O–H groups in total. The number of allylic oxidation sites excluding steroid dienone is 1. The lowest BCUT2D eigenvalue weighted by Crippen LogP contribution is -2.13. The van der Waals surface area contributed by atoms with E-state index in [1.165, 1.54) is 4.57 Å². The zero-order chi connectivity index (χ0) is 18.3. The summed E-state index contributed by atoms with van der Waals surface area (Å²) in [5.41, 5.74) is 4.84. The van der Waals surface area contributed by atoms with E-state index in [4.69, 9.17) is 0 Å². The van der Waals surface area contributed by atoms with Crippen LogP contribution in [0.1, 0.15) is 21.6 Å². The Balaban J connectivity index is 1.71. The quantitative estimate of drug-likeness (QED) is 0.640. The van der Waals surface area contributed by atoms with Gasteiger partial charge >= 0.3 is 4.87 Å². The lowest BCUT2D eigenvalue weighted by molar-refractivity contribution is 0.420. The van der Waals surface area contributed by atoms with Crippen LogP contribution in [0.15, 0.2) is 56.7 Å². The highest BCUT2D eigenvalue weighted by Gasteiger charge is 2.17. The van der Waals surface area contributed by atoms with Gasteiger partial charge in [-0.25, -0.2) is 0 Å². The molecule has 0 saturated carbocycles. The van der Waals surface area contributed by atoms with Crippen molar-refractivity contribution in [3.8, 4) is 5.88 Å². The molecular weight excluding hydrogens is 412 g/mol. The standard InChI is InChI=1S/C20H15BrN2O2S/c1-12-3-2-4-13(7-12)11-23-19(24)18(26-20(23)25)8-14-10-22-17-6-5-15(21)9-16(14)17/h2-10,24H,11H2,1H3/b14-8-. The van der Waals surface area contributed by atoms with E-state index < -0.39 is 0 Å². The molecule has 1 aromatic heterocycles. The molecule has 1 aliphatic heterocycles. The molecular formula is C20H15BrN2O2S. The summed E-state index contributed by atoms with van der Waals surface area (Å²) in [6.07, 6.45) is 3.57. The molecule has 26 heavy (non-hydrogen) atoms. The topological polar surface area (TPSA) is 54.6 Å². The van der Waals surface area contributed by atoms with E-state index in [9.17, 15) is 9.90 Å². The van der Waals surface area contributed by atoms with Crippen molar-refractivity contribution in [2.45, 2.75) is 13.5 Å². The molecule has 4 rings (SSSR count). The molecule has 0 radical (unpaired) electrons. The summed E-state index contributed by atoms with van der Waals surface area (Å²) >= 11 is 4.50. The second-order valence-electron chi connectivity index (χ2n) is 6.15. The van der Waals surface area contributed by atoms with Gasteiger partial charge in [-0.1, -0.05) is 57.1 Å². The maximum absolute atomic E-state index is 12.4. The van der Waals surface area contributed by atoms with Gasteiger partial charge in [0.2, 0.25) is 5.88 Å². The van der Waals surface area contributed by atoms with Gasteiger partial charge in [0, 0.05) is 21.8 Å². The minimum absolute atomic E-state index is 0.00847. The van der Waals surface area contributed by atoms with Crippen LogP contribution >= 0.6 is 27.3 Å². The first-order valence-electron chi connectivity index (χ1n) is 8.05. The van der Waals surface area contributed by atoms with Crippen LogP contribution in [0.4, 0.5) is 5.69 Å². The van der Waals surface area contributed by atoms with E-state index in [0.29, 0.717) is 11.4 Å². The second-order valence-corrected chi connectivity index (χ2v) is 8.06. The fourth-order valence-corrected chi connectivity index (χ4v) is 4.16. The number of fused-ring (bicyclic) bond motifs is 1. The van der Waals surface area contributed by atoms with Gasteiger partial charge in [0.15, 0.2) is 0 Å². The molecule has 3 aromatic rings. The van der Waals surface area contributed by atoms with Crippen LogP contribution in [-0.2, 0) is 6.54 Å². The van der Waals surface area contributed by atoms with Crippen LogP contribution in [0.2, 0.25) is 0 Å². The molecule has 6 heteroatoms. The highest BCUT2D eigenvalue weighted by Crippen LogP contribution is 2.36. The molecule has 0 bridgehead atoms. The van der Waals surface area contributed by atoms with Crippen LogP contribution < -0.4 is 4.87 Å². The van der Waals surface area contributed by atoms with Crippen LogP contribution in [-0.4, -0.2) is 15.9 Å². The number of halogens is 1. The van der Waals surface area contributed by atoms with Gasteiger partial charge in [-0.3, -0.25) is 14.4 Å². The van der Waals surface area contributed by atoms with Gasteiger partial charge in [-0.2, -0.15) is 0 Å². The van der Waals surface area contributed by atoms with Gasteiger partial charge in [-0.15, -0.1) is 0 Å². The summed E-state index contributed by atoms with van der Waals surface area (Å²) in [5.74, 6) is -0.00847. The number of aromatic nitrogens is 1. The van der Waals surface area contributed by atoms with Crippen molar-refractivity contribution in [1.82, 2.24) is 4.57 Å². The van der Waals surface area contributed by atoms with Gasteiger partial charge in [0.1, 0.15) is 0 Å². The number of aromatic hydroxyl groups is 1. The molecule has 0 unspecified atom stereocenters. The Kier molecular flexibility index (Phi) is 4.38. The molecule has 0 atom stereocenters. The van der Waals surface area contributed by atoms with E-state index in [2.05, 4.69) is 20.9 Å². The number of rotatable bonds is 3. The van der Waals surface area contributed by atoms with Crippen molar-refractivity contribution < 1.29 is 5.11 Å². The first kappa shape index (κ1) is 17.0. The first-order valence-corrected chi connectivity index (χ1v) is 9.66. The zero-order valence-electron chi connectivity index (χ0n) is 13.9. The third-order valence-corrected chi connectivity index (χ3v) is 5.62. The predicted molar refractivity (Wildman–Crippen MR) is 111 cm³/mol. The number of aryl methyl sites for hydroxylation is 1. The van der Waals surface area contributed by atoms with E-state index in [-0.39, 0.29) is 10.8 Å². The Morgan fingerprint density at radius 3 is 2.92 bits per heavy atom. The van der Waals surface area contributed by atoms with Gasteiger partial charge < -0.3 is 5.11 Å². The van der Waals surface area contributed by atoms with Crippen molar-refractivity contribution >= 4 is 50.8 Å². The molecule has 2 aromatic carbocycles. The van der Waals surface area contributed by atoms with Gasteiger partial charge in [0.05, 0.1) is 17.1 Å². The smallest absolute Gasteiger partial charge is 0.310 e. The molecule has 2 heterocycles. The summed E-state index contributed by atoms with van der Waals surface area (Å²) in [6.45, 7) is 2.35. The van der Waals surface area contributed by atoms with Crippen LogP contribution in [0, 0.1) is 6.92 Å². The number of hydrogen-bond donors (Lipinski definition) is 1. The number of aliphatic imine (C=N–C) groups is 1. The SMILES string of the molecule is Cc1cccc(Cn2c(O)c(/C=C3/C=Nc4ccc(Br)cc43)sc2=O)c1. The van der Waals surface area contributed by atoms with Gasteiger partial charge in [0.25, 0.3) is 0 Å². The van der Waals surface area contributed by atoms with Crippen LogP contribution in [0.5, 0.6) is 5.88 Å². The minimum atomic E-state index is -0.180. The molecule has 4 nitrogen and oxygen atoms in total. The van der Waals surface area contributed by atoms with Crippen molar-refractivity contribution in [3.63, 3.8) is 0 Å². The average molecular weight is 427 g/mol. The Morgan fingerprint density at radius 1 is 1.27 bits per heavy atom. The first-order chi connectivity index (χ1) is 12.5. The Labute approximate surface area is 162 Å². The molecule has 130 valence electrons. The monoisotopic (exact) mass is 426 g/mol. The largest absolute Gasteiger partial charge is 0.493 e. The predicted octanol–water partition coefficient (Wildman–Crippen LogP) is 4.99. The lowest BCUT2D eigenvalue weighted by atomic mass is 10.1. The summed E-state index contributed by atoms with van der Waals surface area (Å²) in [7, 11) is 0. The molecule has 1 aliphatic rings.